The molecule has 1 rings (SSSR count). The lowest BCUT2D eigenvalue weighted by molar-refractivity contribution is -0.140. The number of esters is 1. The topological polar surface area (TPSA) is 60.5 Å². The molecule has 0 aliphatic rings. The van der Waals surface area contributed by atoms with Gasteiger partial charge < -0.3 is 14.8 Å². The molecule has 0 saturated carbocycles. The monoisotopic (exact) mass is 272 g/mol. The van der Waals surface area contributed by atoms with E-state index in [2.05, 4.69) is 15.0 Å². The van der Waals surface area contributed by atoms with E-state index in [0.29, 0.717) is 19.4 Å². The van der Waals surface area contributed by atoms with E-state index in [-0.39, 0.29) is 11.5 Å². The Morgan fingerprint density at radius 1 is 1.50 bits per heavy atom. The molecule has 0 unspecified atom stereocenters. The first-order chi connectivity index (χ1) is 8.46. The van der Waals surface area contributed by atoms with Crippen LogP contribution in [0.1, 0.15) is 26.0 Å². The zero-order valence-electron chi connectivity index (χ0n) is 11.3. The van der Waals surface area contributed by atoms with Gasteiger partial charge in [-0.05, 0) is 13.8 Å². The fraction of sp³-hybridized carbons (Fsp3) is 0.667. The van der Waals surface area contributed by atoms with E-state index in [1.165, 1.54) is 18.4 Å². The van der Waals surface area contributed by atoms with Gasteiger partial charge in [0.05, 0.1) is 31.4 Å². The van der Waals surface area contributed by atoms with Gasteiger partial charge in [0.2, 0.25) is 0 Å². The molecule has 0 atom stereocenters. The van der Waals surface area contributed by atoms with Crippen molar-refractivity contribution in [2.24, 2.45) is 0 Å². The van der Waals surface area contributed by atoms with E-state index in [4.69, 9.17) is 4.74 Å². The Hall–Kier alpha value is -1.14. The quantitative estimate of drug-likeness (QED) is 0.770. The number of ether oxygens (including phenoxy) is 2. The molecule has 1 aromatic rings. The number of thiazole rings is 1. The Balaban J connectivity index is 2.50. The van der Waals surface area contributed by atoms with Crippen molar-refractivity contribution >= 4 is 22.4 Å². The van der Waals surface area contributed by atoms with Crippen LogP contribution in [0.2, 0.25) is 0 Å². The van der Waals surface area contributed by atoms with Crippen LogP contribution >= 0.6 is 11.3 Å². The van der Waals surface area contributed by atoms with Crippen molar-refractivity contribution in [2.75, 3.05) is 26.1 Å². The molecule has 0 saturated heterocycles. The molecule has 0 amide bonds. The highest BCUT2D eigenvalue weighted by Gasteiger charge is 2.18. The number of aryl methyl sites for hydroxylation is 1. The van der Waals surface area contributed by atoms with E-state index in [1.54, 1.807) is 7.11 Å². The molecular weight excluding hydrogens is 252 g/mol. The molecule has 1 heterocycles. The molecule has 0 bridgehead atoms. The number of hydrogen-bond acceptors (Lipinski definition) is 6. The summed E-state index contributed by atoms with van der Waals surface area (Å²) >= 11 is 1.53. The van der Waals surface area contributed by atoms with Gasteiger partial charge >= 0.3 is 5.97 Å². The average molecular weight is 272 g/mol. The lowest BCUT2D eigenvalue weighted by Crippen LogP contribution is -2.35. The molecule has 6 heteroatoms. The second-order valence-electron chi connectivity index (χ2n) is 4.66. The Morgan fingerprint density at radius 3 is 2.83 bits per heavy atom. The van der Waals surface area contributed by atoms with Gasteiger partial charge in [0.1, 0.15) is 0 Å². The summed E-state index contributed by atoms with van der Waals surface area (Å²) in [5.41, 5.74) is 0.743. The Bertz CT molecular complexity index is 390. The predicted molar refractivity (Wildman–Crippen MR) is 72.0 cm³/mol. The van der Waals surface area contributed by atoms with Crippen molar-refractivity contribution in [1.82, 2.24) is 4.98 Å². The molecule has 0 aliphatic carbocycles. The fourth-order valence-corrected chi connectivity index (χ4v) is 2.42. The number of nitrogens with one attached hydrogen (secondary N) is 1. The molecule has 0 spiro atoms. The Kier molecular flexibility index (Phi) is 5.55. The van der Waals surface area contributed by atoms with Gasteiger partial charge in [-0.2, -0.15) is 0 Å². The van der Waals surface area contributed by atoms with Crippen LogP contribution in [0.5, 0.6) is 0 Å². The van der Waals surface area contributed by atoms with Gasteiger partial charge in [-0.1, -0.05) is 0 Å². The number of methoxy groups -OCH3 is 2. The summed E-state index contributed by atoms with van der Waals surface area (Å²) in [6.07, 6.45) is 0.969. The van der Waals surface area contributed by atoms with Gasteiger partial charge in [-0.15, -0.1) is 11.3 Å². The summed E-state index contributed by atoms with van der Waals surface area (Å²) in [7, 11) is 3.07. The third-order valence-electron chi connectivity index (χ3n) is 2.32. The summed E-state index contributed by atoms with van der Waals surface area (Å²) in [5.74, 6) is -0.211. The molecule has 1 N–H and O–H groups in total. The highest BCUT2D eigenvalue weighted by molar-refractivity contribution is 7.13. The number of aromatic nitrogens is 1. The first-order valence-corrected chi connectivity index (χ1v) is 6.63. The molecule has 0 aromatic carbocycles. The maximum atomic E-state index is 11.0. The van der Waals surface area contributed by atoms with E-state index < -0.39 is 0 Å². The number of carbonyl (C=O) groups is 1. The largest absolute Gasteiger partial charge is 0.469 e. The summed E-state index contributed by atoms with van der Waals surface area (Å²) in [6.45, 7) is 4.70. The first kappa shape index (κ1) is 14.9. The van der Waals surface area contributed by atoms with Crippen LogP contribution in [-0.4, -0.2) is 37.3 Å². The van der Waals surface area contributed by atoms with Gasteiger partial charge in [-0.25, -0.2) is 4.98 Å². The number of carbonyl (C=O) groups excluding carboxylic acids is 1. The van der Waals surface area contributed by atoms with Crippen molar-refractivity contribution in [3.8, 4) is 0 Å². The van der Waals surface area contributed by atoms with Crippen LogP contribution in [0.3, 0.4) is 0 Å². The minimum absolute atomic E-state index is 0.160. The smallest absolute Gasteiger partial charge is 0.305 e. The van der Waals surface area contributed by atoms with E-state index in [1.807, 2.05) is 19.2 Å². The van der Waals surface area contributed by atoms with Crippen LogP contribution in [0.4, 0.5) is 5.13 Å². The average Bonchev–Trinajstić information content (AvgIpc) is 2.72. The van der Waals surface area contributed by atoms with Gasteiger partial charge in [0.15, 0.2) is 5.13 Å². The van der Waals surface area contributed by atoms with Crippen molar-refractivity contribution in [2.45, 2.75) is 32.2 Å². The zero-order valence-corrected chi connectivity index (χ0v) is 12.1. The number of rotatable bonds is 7. The van der Waals surface area contributed by atoms with Gasteiger partial charge in [-0.3, -0.25) is 4.79 Å². The third kappa shape index (κ3) is 5.01. The minimum Gasteiger partial charge on any atom is -0.469 e. The van der Waals surface area contributed by atoms with Crippen LogP contribution in [0, 0.1) is 0 Å². The SMILES string of the molecule is COCC(C)(C)Nc1nc(CCC(=O)OC)cs1. The third-order valence-corrected chi connectivity index (χ3v) is 3.12. The molecule has 5 nitrogen and oxygen atoms in total. The zero-order chi connectivity index (χ0) is 13.6. The highest BCUT2D eigenvalue weighted by Crippen LogP contribution is 2.21. The van der Waals surface area contributed by atoms with Crippen LogP contribution in [-0.2, 0) is 20.7 Å². The van der Waals surface area contributed by atoms with Crippen LogP contribution in [0.25, 0.3) is 0 Å². The number of anilines is 1. The molecule has 18 heavy (non-hydrogen) atoms. The Labute approximate surface area is 112 Å². The lowest BCUT2D eigenvalue weighted by atomic mass is 10.1. The van der Waals surface area contributed by atoms with Crippen LogP contribution < -0.4 is 5.32 Å². The summed E-state index contributed by atoms with van der Waals surface area (Å²) in [5, 5.41) is 6.10. The summed E-state index contributed by atoms with van der Waals surface area (Å²) in [6, 6.07) is 0. The maximum absolute atomic E-state index is 11.0. The fourth-order valence-electron chi connectivity index (χ4n) is 1.50. The standard InChI is InChI=1S/C12H20N2O3S/c1-12(2,8-16-3)14-11-13-9(7-18-11)5-6-10(15)17-4/h7H,5-6,8H2,1-4H3,(H,13,14). The predicted octanol–water partition coefficient (Wildman–Crippen LogP) is 2.09. The normalized spacial score (nSPS) is 11.3. The van der Waals surface area contributed by atoms with Crippen molar-refractivity contribution < 1.29 is 14.3 Å². The van der Waals surface area contributed by atoms with Gasteiger partial charge in [0.25, 0.3) is 0 Å². The molecule has 0 fully saturated rings. The minimum atomic E-state index is -0.211. The summed E-state index contributed by atoms with van der Waals surface area (Å²) < 4.78 is 9.73. The van der Waals surface area contributed by atoms with E-state index >= 15 is 0 Å². The second-order valence-corrected chi connectivity index (χ2v) is 5.52. The Morgan fingerprint density at radius 2 is 2.22 bits per heavy atom. The first-order valence-electron chi connectivity index (χ1n) is 5.75. The maximum Gasteiger partial charge on any atom is 0.305 e. The van der Waals surface area contributed by atoms with Crippen molar-refractivity contribution in [3.63, 3.8) is 0 Å². The van der Waals surface area contributed by atoms with Crippen LogP contribution in [0.15, 0.2) is 5.38 Å². The van der Waals surface area contributed by atoms with Crippen molar-refractivity contribution in [3.05, 3.63) is 11.1 Å². The number of hydrogen-bond donors (Lipinski definition) is 1. The highest BCUT2D eigenvalue weighted by atomic mass is 32.1. The van der Waals surface area contributed by atoms with E-state index in [9.17, 15) is 4.79 Å². The molecule has 1 aromatic heterocycles. The van der Waals surface area contributed by atoms with Crippen molar-refractivity contribution in [1.29, 1.82) is 0 Å². The molecular formula is C12H20N2O3S. The lowest BCUT2D eigenvalue weighted by Gasteiger charge is -2.24. The summed E-state index contributed by atoms with van der Waals surface area (Å²) in [4.78, 5) is 15.5. The molecule has 102 valence electrons. The molecule has 0 aliphatic heterocycles. The van der Waals surface area contributed by atoms with E-state index in [0.717, 1.165) is 10.8 Å². The van der Waals surface area contributed by atoms with Gasteiger partial charge in [0, 0.05) is 18.9 Å². The second kappa shape index (κ2) is 6.70. The molecule has 0 radical (unpaired) electrons. The number of nitrogens with zero attached hydrogens (tertiary/aromatic N) is 1.